The number of ether oxygens (including phenoxy) is 1. The molecular weight excluding hydrogens is 500 g/mol. The fourth-order valence-corrected chi connectivity index (χ4v) is 8.92. The Morgan fingerprint density at radius 2 is 1.41 bits per heavy atom. The predicted molar refractivity (Wildman–Crippen MR) is 123 cm³/mol. The Labute approximate surface area is 197 Å². The Kier molecular flexibility index (Phi) is 8.76. The second-order valence-corrected chi connectivity index (χ2v) is 14.3. The van der Waals surface area contributed by atoms with Crippen molar-refractivity contribution in [3.63, 3.8) is 0 Å². The number of rotatable bonds is 10. The van der Waals surface area contributed by atoms with Gasteiger partial charge in [-0.05, 0) is 44.4 Å². The van der Waals surface area contributed by atoms with Gasteiger partial charge >= 0.3 is 0 Å². The van der Waals surface area contributed by atoms with Crippen LogP contribution in [-0.2, 0) is 34.6 Å². The van der Waals surface area contributed by atoms with Crippen LogP contribution in [0.15, 0.2) is 0 Å². The average molecular weight is 531 g/mol. The highest BCUT2D eigenvalue weighted by molar-refractivity contribution is 8.14. The summed E-state index contributed by atoms with van der Waals surface area (Å²) in [6.45, 7) is 0. The lowest BCUT2D eigenvalue weighted by Gasteiger charge is -2.38. The van der Waals surface area contributed by atoms with Crippen LogP contribution in [0, 0.1) is 17.8 Å². The van der Waals surface area contributed by atoms with Gasteiger partial charge in [-0.3, -0.25) is 18.7 Å². The lowest BCUT2D eigenvalue weighted by molar-refractivity contribution is -0.142. The Balaban J connectivity index is 1.56. The zero-order valence-electron chi connectivity index (χ0n) is 17.7. The van der Waals surface area contributed by atoms with E-state index >= 15 is 0 Å². The second kappa shape index (κ2) is 10.6. The SMILES string of the molecule is O=C(SCCS(=O)(=O)O)C1CC2(OC3CCCCC3C(=O)SCCS(=O)(=O)O)CCC1C2. The van der Waals surface area contributed by atoms with Gasteiger partial charge in [0, 0.05) is 17.4 Å². The van der Waals surface area contributed by atoms with Gasteiger partial charge in [0.2, 0.25) is 0 Å². The fourth-order valence-electron chi connectivity index (χ4n) is 5.20. The van der Waals surface area contributed by atoms with Gasteiger partial charge in [0.05, 0.1) is 29.1 Å². The molecule has 5 atom stereocenters. The standard InChI is InChI=1S/C19H30O9S4/c20-17(29-7-9-31(22,23)24)14-3-1-2-4-16(14)28-19-6-5-13(11-19)15(12-19)18(21)30-8-10-32(25,26)27/h13-16H,1-12H2,(H,22,23,24)(H,25,26,27). The zero-order chi connectivity index (χ0) is 23.6. The normalized spacial score (nSPS) is 32.8. The fraction of sp³-hybridized carbons (Fsp3) is 0.895. The van der Waals surface area contributed by atoms with Gasteiger partial charge in [0.15, 0.2) is 10.2 Å². The molecule has 0 aromatic rings. The molecular formula is C19H30O9S4. The van der Waals surface area contributed by atoms with Crippen molar-refractivity contribution in [1.29, 1.82) is 0 Å². The van der Waals surface area contributed by atoms with Crippen LogP contribution in [0.2, 0.25) is 0 Å². The first-order chi connectivity index (χ1) is 14.9. The minimum atomic E-state index is -4.11. The van der Waals surface area contributed by atoms with E-state index in [4.69, 9.17) is 13.8 Å². The van der Waals surface area contributed by atoms with Crippen molar-refractivity contribution in [3.05, 3.63) is 0 Å². The van der Waals surface area contributed by atoms with Crippen molar-refractivity contribution < 1.29 is 40.3 Å². The van der Waals surface area contributed by atoms with Gasteiger partial charge in [-0.15, -0.1) is 0 Å². The predicted octanol–water partition coefficient (Wildman–Crippen LogP) is 2.42. The van der Waals surface area contributed by atoms with Crippen molar-refractivity contribution in [1.82, 2.24) is 0 Å². The Morgan fingerprint density at radius 1 is 0.844 bits per heavy atom. The third-order valence-electron chi connectivity index (χ3n) is 6.65. The summed E-state index contributed by atoms with van der Waals surface area (Å²) < 4.78 is 67.8. The highest BCUT2D eigenvalue weighted by Gasteiger charge is 2.55. The molecule has 3 aliphatic rings. The molecule has 0 radical (unpaired) electrons. The maximum absolute atomic E-state index is 12.7. The van der Waals surface area contributed by atoms with Gasteiger partial charge < -0.3 is 4.74 Å². The monoisotopic (exact) mass is 530 g/mol. The molecule has 9 nitrogen and oxygen atoms in total. The summed E-state index contributed by atoms with van der Waals surface area (Å²) in [6.07, 6.45) is 5.97. The van der Waals surface area contributed by atoms with Crippen molar-refractivity contribution in [2.24, 2.45) is 17.8 Å². The van der Waals surface area contributed by atoms with E-state index in [0.717, 1.165) is 62.0 Å². The van der Waals surface area contributed by atoms with Crippen LogP contribution in [-0.4, -0.2) is 70.9 Å². The quantitative estimate of drug-likeness (QED) is 0.400. The van der Waals surface area contributed by atoms with E-state index in [1.54, 1.807) is 0 Å². The van der Waals surface area contributed by atoms with E-state index in [0.29, 0.717) is 12.8 Å². The van der Waals surface area contributed by atoms with E-state index < -0.39 is 37.3 Å². The average Bonchev–Trinajstić information content (AvgIpc) is 3.24. The molecule has 184 valence electrons. The van der Waals surface area contributed by atoms with Gasteiger partial charge in [-0.2, -0.15) is 16.8 Å². The van der Waals surface area contributed by atoms with Gasteiger partial charge in [0.25, 0.3) is 20.2 Å². The van der Waals surface area contributed by atoms with Crippen molar-refractivity contribution in [3.8, 4) is 0 Å². The van der Waals surface area contributed by atoms with Crippen LogP contribution in [0.5, 0.6) is 0 Å². The molecule has 0 heterocycles. The van der Waals surface area contributed by atoms with Gasteiger partial charge in [0.1, 0.15) is 0 Å². The number of fused-ring (bicyclic) bond motifs is 2. The molecule has 0 saturated heterocycles. The molecule has 2 N–H and O–H groups in total. The van der Waals surface area contributed by atoms with Gasteiger partial charge in [-0.1, -0.05) is 36.4 Å². The third kappa shape index (κ3) is 7.41. The number of carbonyl (C=O) groups excluding carboxylic acids is 2. The van der Waals surface area contributed by atoms with Crippen molar-refractivity contribution in [2.45, 2.75) is 63.1 Å². The van der Waals surface area contributed by atoms with Gasteiger partial charge in [-0.25, -0.2) is 0 Å². The van der Waals surface area contributed by atoms with E-state index in [1.165, 1.54) is 0 Å². The summed E-state index contributed by atoms with van der Waals surface area (Å²) in [7, 11) is -8.20. The third-order valence-corrected chi connectivity index (χ3v) is 10.6. The van der Waals surface area contributed by atoms with Crippen LogP contribution >= 0.6 is 23.5 Å². The molecule has 13 heteroatoms. The summed E-state index contributed by atoms with van der Waals surface area (Å²) in [5, 5.41) is -0.184. The molecule has 0 aliphatic heterocycles. The molecule has 3 aliphatic carbocycles. The minimum absolute atomic E-state index is 0.00542. The lowest BCUT2D eigenvalue weighted by Crippen LogP contribution is -2.41. The van der Waals surface area contributed by atoms with E-state index in [-0.39, 0.29) is 45.6 Å². The lowest BCUT2D eigenvalue weighted by atomic mass is 9.85. The molecule has 5 unspecified atom stereocenters. The Bertz CT molecular complexity index is 917. The summed E-state index contributed by atoms with van der Waals surface area (Å²) in [6, 6.07) is 0. The first-order valence-electron chi connectivity index (χ1n) is 10.8. The number of hydrogen-bond donors (Lipinski definition) is 2. The van der Waals surface area contributed by atoms with E-state index in [9.17, 15) is 26.4 Å². The second-order valence-electron chi connectivity index (χ2n) is 8.95. The smallest absolute Gasteiger partial charge is 0.265 e. The summed E-state index contributed by atoms with van der Waals surface area (Å²) >= 11 is 1.86. The van der Waals surface area contributed by atoms with E-state index in [1.807, 2.05) is 0 Å². The Morgan fingerprint density at radius 3 is 2.00 bits per heavy atom. The number of thioether (sulfide) groups is 2. The minimum Gasteiger partial charge on any atom is -0.371 e. The molecule has 0 amide bonds. The van der Waals surface area contributed by atoms with Crippen LogP contribution in [0.25, 0.3) is 0 Å². The molecule has 0 aromatic heterocycles. The first-order valence-corrected chi connectivity index (χ1v) is 16.0. The molecule has 0 spiro atoms. The van der Waals surface area contributed by atoms with Crippen LogP contribution in [0.3, 0.4) is 0 Å². The van der Waals surface area contributed by atoms with Crippen LogP contribution < -0.4 is 0 Å². The van der Waals surface area contributed by atoms with Crippen molar-refractivity contribution in [2.75, 3.05) is 23.0 Å². The maximum Gasteiger partial charge on any atom is 0.265 e. The van der Waals surface area contributed by atoms with Crippen LogP contribution in [0.4, 0.5) is 0 Å². The highest BCUT2D eigenvalue weighted by atomic mass is 32.2. The zero-order valence-corrected chi connectivity index (χ0v) is 20.9. The largest absolute Gasteiger partial charge is 0.371 e. The molecule has 2 bridgehead atoms. The maximum atomic E-state index is 12.7. The molecule has 3 saturated carbocycles. The Hall–Kier alpha value is -0.180. The highest BCUT2D eigenvalue weighted by Crippen LogP contribution is 2.55. The topological polar surface area (TPSA) is 152 Å². The summed E-state index contributed by atoms with van der Waals surface area (Å²) in [5.74, 6) is -1.25. The summed E-state index contributed by atoms with van der Waals surface area (Å²) in [5.41, 5.74) is -0.450. The first kappa shape index (κ1) is 26.4. The molecule has 3 rings (SSSR count). The molecule has 0 aromatic carbocycles. The molecule has 3 fully saturated rings. The summed E-state index contributed by atoms with van der Waals surface area (Å²) in [4.78, 5) is 25.4. The van der Waals surface area contributed by atoms with Crippen molar-refractivity contribution >= 4 is 54.0 Å². The number of carbonyl (C=O) groups is 2. The molecule has 32 heavy (non-hydrogen) atoms. The van der Waals surface area contributed by atoms with E-state index in [2.05, 4.69) is 0 Å². The van der Waals surface area contributed by atoms with Crippen LogP contribution in [0.1, 0.15) is 51.4 Å². The number of hydrogen-bond acceptors (Lipinski definition) is 9.